The van der Waals surface area contributed by atoms with Crippen LogP contribution in [0.15, 0.2) is 29.4 Å². The number of benzene rings is 1. The number of nitrogens with zero attached hydrogens (tertiary/aromatic N) is 1. The number of rotatable bonds is 0. The first-order valence-electron chi connectivity index (χ1n) is 2.85. The van der Waals surface area contributed by atoms with Gasteiger partial charge in [0.1, 0.15) is 6.21 Å². The van der Waals surface area contributed by atoms with Crippen LogP contribution in [0.1, 0.15) is 5.56 Å². The summed E-state index contributed by atoms with van der Waals surface area (Å²) in [5.74, 6) is 0.650. The van der Waals surface area contributed by atoms with Gasteiger partial charge in [0.15, 0.2) is 5.75 Å². The van der Waals surface area contributed by atoms with E-state index in [0.29, 0.717) is 5.75 Å². The normalized spacial score (nSPS) is 13.2. The maximum Gasteiger partial charge on any atom is 0.190 e. The first kappa shape index (κ1) is 5.29. The summed E-state index contributed by atoms with van der Waals surface area (Å²) in [6.07, 6.45) is 2.64. The third-order valence-electron chi connectivity index (χ3n) is 1.22. The smallest absolute Gasteiger partial charge is 0.190 e. The van der Waals surface area contributed by atoms with Crippen LogP contribution in [0.5, 0.6) is 5.75 Å². The Hall–Kier alpha value is -1.51. The van der Waals surface area contributed by atoms with Crippen molar-refractivity contribution in [1.82, 2.24) is 0 Å². The predicted octanol–water partition coefficient (Wildman–Crippen LogP) is 1.22. The van der Waals surface area contributed by atoms with Crippen molar-refractivity contribution in [3.63, 3.8) is 0 Å². The highest BCUT2D eigenvalue weighted by Crippen LogP contribution is 2.18. The van der Waals surface area contributed by atoms with E-state index >= 15 is 0 Å². The summed E-state index contributed by atoms with van der Waals surface area (Å²) in [5, 5.41) is 3.35. The van der Waals surface area contributed by atoms with Gasteiger partial charge in [0.25, 0.3) is 0 Å². The lowest BCUT2D eigenvalue weighted by Crippen LogP contribution is -2.00. The first-order valence-corrected chi connectivity index (χ1v) is 2.85. The molecule has 0 saturated heterocycles. The number of hydrogen-bond donors (Lipinski definition) is 0. The van der Waals surface area contributed by atoms with Crippen molar-refractivity contribution in [1.29, 1.82) is 0 Å². The van der Waals surface area contributed by atoms with Crippen molar-refractivity contribution >= 4 is 6.21 Å². The summed E-state index contributed by atoms with van der Waals surface area (Å²) < 4.78 is 0. The van der Waals surface area contributed by atoms with Crippen molar-refractivity contribution in [3.8, 4) is 5.75 Å². The second-order valence-electron chi connectivity index (χ2n) is 1.86. The fraction of sp³-hybridized carbons (Fsp3) is 0. The van der Waals surface area contributed by atoms with Crippen LogP contribution in [0.4, 0.5) is 0 Å². The average Bonchev–Trinajstić information content (AvgIpc) is 2.05. The summed E-state index contributed by atoms with van der Waals surface area (Å²) in [6, 6.07) is 7.38. The molecule has 0 N–H and O–H groups in total. The largest absolute Gasteiger partial charge is 0.267 e. The van der Waals surface area contributed by atoms with Crippen LogP contribution < -0.4 is 4.89 Å². The Morgan fingerprint density at radius 1 is 1.30 bits per heavy atom. The van der Waals surface area contributed by atoms with Crippen molar-refractivity contribution in [2.75, 3.05) is 0 Å². The van der Waals surface area contributed by atoms with Crippen LogP contribution in [0.25, 0.3) is 0 Å². The molecule has 1 aliphatic heterocycles. The minimum absolute atomic E-state index is 0.650. The maximum absolute atomic E-state index is 4.69. The molecular formula is C7H4NO2. The molecule has 0 amide bonds. The highest BCUT2D eigenvalue weighted by atomic mass is 17.3. The van der Waals surface area contributed by atoms with Crippen LogP contribution in [0.2, 0.25) is 0 Å². The van der Waals surface area contributed by atoms with E-state index in [2.05, 4.69) is 16.4 Å². The second-order valence-corrected chi connectivity index (χ2v) is 1.86. The number of fused-ring (bicyclic) bond motifs is 1. The molecule has 0 unspecified atom stereocenters. The summed E-state index contributed by atoms with van der Waals surface area (Å²) >= 11 is 0. The molecule has 0 aliphatic carbocycles. The molecule has 0 fully saturated rings. The minimum Gasteiger partial charge on any atom is -0.267 e. The van der Waals surface area contributed by atoms with Gasteiger partial charge < -0.3 is 0 Å². The van der Waals surface area contributed by atoms with Gasteiger partial charge in [0.2, 0.25) is 0 Å². The van der Waals surface area contributed by atoms with E-state index in [1.807, 2.05) is 18.2 Å². The summed E-state index contributed by atoms with van der Waals surface area (Å²) in [5.41, 5.74) is 0.814. The fourth-order valence-electron chi connectivity index (χ4n) is 0.758. The Bertz CT molecular complexity index is 270. The van der Waals surface area contributed by atoms with E-state index in [4.69, 9.17) is 4.89 Å². The quantitative estimate of drug-likeness (QED) is 0.499. The Morgan fingerprint density at radius 2 is 2.20 bits per heavy atom. The fourth-order valence-corrected chi connectivity index (χ4v) is 0.758. The third-order valence-corrected chi connectivity index (χ3v) is 1.22. The van der Waals surface area contributed by atoms with Crippen LogP contribution in [-0.2, 0) is 4.99 Å². The lowest BCUT2D eigenvalue weighted by molar-refractivity contribution is -0.209. The Morgan fingerprint density at radius 3 is 3.10 bits per heavy atom. The molecule has 3 nitrogen and oxygen atoms in total. The monoisotopic (exact) mass is 134 g/mol. The molecule has 0 atom stereocenters. The summed E-state index contributed by atoms with van der Waals surface area (Å²) in [7, 11) is 0. The average molecular weight is 134 g/mol. The molecule has 0 bridgehead atoms. The SMILES string of the molecule is [C]1=NOOc2ccccc21. The van der Waals surface area contributed by atoms with Crippen LogP contribution in [0, 0.1) is 0 Å². The topological polar surface area (TPSA) is 30.8 Å². The van der Waals surface area contributed by atoms with E-state index in [9.17, 15) is 0 Å². The molecule has 1 radical (unpaired) electrons. The molecule has 3 heteroatoms. The zero-order valence-electron chi connectivity index (χ0n) is 5.07. The summed E-state index contributed by atoms with van der Waals surface area (Å²) in [4.78, 5) is 9.00. The van der Waals surface area contributed by atoms with Gasteiger partial charge in [-0.1, -0.05) is 12.1 Å². The van der Waals surface area contributed by atoms with E-state index in [1.54, 1.807) is 6.07 Å². The standard InChI is InChI=1S/C7H4NO2/c1-2-4-7-6(3-1)5-8-10-9-7/h1-4H. The lowest BCUT2D eigenvalue weighted by Gasteiger charge is -2.05. The zero-order valence-corrected chi connectivity index (χ0v) is 5.07. The van der Waals surface area contributed by atoms with Crippen LogP contribution in [-0.4, -0.2) is 6.21 Å². The highest BCUT2D eigenvalue weighted by molar-refractivity contribution is 5.83. The summed E-state index contributed by atoms with van der Waals surface area (Å²) in [6.45, 7) is 0. The van der Waals surface area contributed by atoms with E-state index in [0.717, 1.165) is 5.56 Å². The van der Waals surface area contributed by atoms with Crippen LogP contribution in [0.3, 0.4) is 0 Å². The van der Waals surface area contributed by atoms with E-state index < -0.39 is 0 Å². The van der Waals surface area contributed by atoms with Gasteiger partial charge in [-0.2, -0.15) is 4.99 Å². The number of para-hydroxylation sites is 1. The Kier molecular flexibility index (Phi) is 1.07. The van der Waals surface area contributed by atoms with Gasteiger partial charge in [-0.3, -0.25) is 4.89 Å². The van der Waals surface area contributed by atoms with Gasteiger partial charge in [-0.25, -0.2) is 0 Å². The molecule has 2 rings (SSSR count). The molecule has 49 valence electrons. The van der Waals surface area contributed by atoms with Gasteiger partial charge in [-0.15, -0.1) is 0 Å². The van der Waals surface area contributed by atoms with Gasteiger partial charge >= 0.3 is 0 Å². The Labute approximate surface area is 57.8 Å². The lowest BCUT2D eigenvalue weighted by atomic mass is 10.2. The molecule has 1 aliphatic rings. The molecule has 10 heavy (non-hydrogen) atoms. The molecule has 1 heterocycles. The molecular weight excluding hydrogens is 130 g/mol. The minimum atomic E-state index is 0.650. The Balaban J connectivity index is 2.54. The van der Waals surface area contributed by atoms with E-state index in [-0.39, 0.29) is 0 Å². The molecule has 0 saturated carbocycles. The number of hydrogen-bond acceptors (Lipinski definition) is 3. The predicted molar refractivity (Wildman–Crippen MR) is 34.7 cm³/mol. The van der Waals surface area contributed by atoms with E-state index in [1.165, 1.54) is 0 Å². The van der Waals surface area contributed by atoms with Crippen LogP contribution >= 0.6 is 0 Å². The van der Waals surface area contributed by atoms with Gasteiger partial charge in [0.05, 0.1) is 5.56 Å². The zero-order chi connectivity index (χ0) is 6.81. The van der Waals surface area contributed by atoms with Gasteiger partial charge in [0, 0.05) is 0 Å². The van der Waals surface area contributed by atoms with Crippen molar-refractivity contribution < 1.29 is 9.88 Å². The third kappa shape index (κ3) is 0.719. The molecule has 0 aromatic heterocycles. The van der Waals surface area contributed by atoms with Crippen molar-refractivity contribution in [2.24, 2.45) is 5.16 Å². The van der Waals surface area contributed by atoms with Gasteiger partial charge in [-0.05, 0) is 17.3 Å². The molecule has 1 aromatic carbocycles. The second kappa shape index (κ2) is 2.02. The molecule has 0 spiro atoms. The van der Waals surface area contributed by atoms with Crippen molar-refractivity contribution in [3.05, 3.63) is 29.8 Å². The first-order chi connectivity index (χ1) is 4.97. The highest BCUT2D eigenvalue weighted by Gasteiger charge is 2.05. The molecule has 1 aromatic rings. The maximum atomic E-state index is 4.69. The van der Waals surface area contributed by atoms with Crippen molar-refractivity contribution in [2.45, 2.75) is 0 Å².